The van der Waals surface area contributed by atoms with E-state index in [1.165, 1.54) is 0 Å². The van der Waals surface area contributed by atoms with Crippen molar-refractivity contribution in [1.29, 1.82) is 0 Å². The molecule has 21 heavy (non-hydrogen) atoms. The minimum atomic E-state index is -0.0431. The highest BCUT2D eigenvalue weighted by atomic mass is 127. The molecule has 2 aromatic carbocycles. The molecule has 0 aliphatic heterocycles. The van der Waals surface area contributed by atoms with Gasteiger partial charge in [0.2, 0.25) is 5.91 Å². The average molecular weight is 392 g/mol. The summed E-state index contributed by atoms with van der Waals surface area (Å²) in [6.07, 6.45) is 0.837. The molecule has 106 valence electrons. The standard InChI is InChI=1S/C16H13IN2O2/c17-11-5-7-12(8-6-11)18-15(20)9-10-16-19-13-3-1-2-4-14(13)21-16/h1-8H,9-10H2,(H,18,20). The topological polar surface area (TPSA) is 55.1 Å². The van der Waals surface area contributed by atoms with Crippen LogP contribution in [0.3, 0.4) is 0 Å². The lowest BCUT2D eigenvalue weighted by molar-refractivity contribution is -0.116. The molecule has 0 radical (unpaired) electrons. The van der Waals surface area contributed by atoms with Crippen LogP contribution in [0.5, 0.6) is 0 Å². The number of hydrogen-bond acceptors (Lipinski definition) is 3. The summed E-state index contributed by atoms with van der Waals surface area (Å²) in [6, 6.07) is 15.3. The fourth-order valence-corrected chi connectivity index (χ4v) is 2.36. The molecule has 1 aromatic heterocycles. The molecule has 0 spiro atoms. The number of oxazole rings is 1. The number of nitrogens with one attached hydrogen (secondary N) is 1. The molecule has 0 fully saturated rings. The lowest BCUT2D eigenvalue weighted by Crippen LogP contribution is -2.12. The molecule has 3 rings (SSSR count). The molecule has 0 bridgehead atoms. The first-order chi connectivity index (χ1) is 10.2. The monoisotopic (exact) mass is 392 g/mol. The van der Waals surface area contributed by atoms with E-state index in [1.807, 2.05) is 48.5 Å². The van der Waals surface area contributed by atoms with Gasteiger partial charge < -0.3 is 9.73 Å². The number of aromatic nitrogens is 1. The molecular weight excluding hydrogens is 379 g/mol. The number of benzene rings is 2. The van der Waals surface area contributed by atoms with Gasteiger partial charge in [0.1, 0.15) is 5.52 Å². The van der Waals surface area contributed by atoms with Crippen LogP contribution in [0.25, 0.3) is 11.1 Å². The fraction of sp³-hybridized carbons (Fsp3) is 0.125. The van der Waals surface area contributed by atoms with Gasteiger partial charge in [-0.2, -0.15) is 0 Å². The third-order valence-electron chi connectivity index (χ3n) is 3.03. The zero-order chi connectivity index (χ0) is 14.7. The minimum absolute atomic E-state index is 0.0431. The second kappa shape index (κ2) is 6.26. The Morgan fingerprint density at radius 2 is 1.90 bits per heavy atom. The van der Waals surface area contributed by atoms with Crippen LogP contribution < -0.4 is 5.32 Å². The largest absolute Gasteiger partial charge is 0.441 e. The molecule has 1 N–H and O–H groups in total. The molecule has 1 amide bonds. The van der Waals surface area contributed by atoms with Crippen LogP contribution in [-0.4, -0.2) is 10.9 Å². The van der Waals surface area contributed by atoms with Gasteiger partial charge in [-0.3, -0.25) is 4.79 Å². The molecular formula is C16H13IN2O2. The first-order valence-corrected chi connectivity index (χ1v) is 7.68. The second-order valence-corrected chi connectivity index (χ2v) is 5.88. The van der Waals surface area contributed by atoms with Crippen molar-refractivity contribution in [3.05, 3.63) is 58.0 Å². The molecule has 0 atom stereocenters. The van der Waals surface area contributed by atoms with Crippen LogP contribution in [0.15, 0.2) is 52.9 Å². The van der Waals surface area contributed by atoms with Gasteiger partial charge in [0.25, 0.3) is 0 Å². The molecule has 4 nitrogen and oxygen atoms in total. The quantitative estimate of drug-likeness (QED) is 0.683. The first-order valence-electron chi connectivity index (χ1n) is 6.60. The fourth-order valence-electron chi connectivity index (χ4n) is 2.00. The third kappa shape index (κ3) is 3.60. The number of nitrogens with zero attached hydrogens (tertiary/aromatic N) is 1. The smallest absolute Gasteiger partial charge is 0.224 e. The maximum absolute atomic E-state index is 11.9. The van der Waals surface area contributed by atoms with Crippen LogP contribution in [0, 0.1) is 3.57 Å². The number of anilines is 1. The van der Waals surface area contributed by atoms with Crippen molar-refractivity contribution in [1.82, 2.24) is 4.98 Å². The van der Waals surface area contributed by atoms with E-state index in [0.29, 0.717) is 18.7 Å². The second-order valence-electron chi connectivity index (χ2n) is 4.63. The Labute approximate surface area is 135 Å². The van der Waals surface area contributed by atoms with Crippen LogP contribution in [0.1, 0.15) is 12.3 Å². The Bertz CT molecular complexity index is 732. The number of amides is 1. The van der Waals surface area contributed by atoms with Gasteiger partial charge in [0.15, 0.2) is 11.5 Å². The predicted molar refractivity (Wildman–Crippen MR) is 90.1 cm³/mol. The minimum Gasteiger partial charge on any atom is -0.441 e. The van der Waals surface area contributed by atoms with E-state index < -0.39 is 0 Å². The van der Waals surface area contributed by atoms with Gasteiger partial charge >= 0.3 is 0 Å². The lowest BCUT2D eigenvalue weighted by Gasteiger charge is -2.04. The van der Waals surface area contributed by atoms with Crippen LogP contribution >= 0.6 is 22.6 Å². The zero-order valence-electron chi connectivity index (χ0n) is 11.2. The van der Waals surface area contributed by atoms with Crippen molar-refractivity contribution in [2.45, 2.75) is 12.8 Å². The number of hydrogen-bond donors (Lipinski definition) is 1. The molecule has 1 heterocycles. The van der Waals surface area contributed by atoms with Gasteiger partial charge in [-0.1, -0.05) is 12.1 Å². The molecule has 5 heteroatoms. The van der Waals surface area contributed by atoms with E-state index in [4.69, 9.17) is 4.42 Å². The normalized spacial score (nSPS) is 10.7. The SMILES string of the molecule is O=C(CCc1nc2ccccc2o1)Nc1ccc(I)cc1. The predicted octanol–water partition coefficient (Wildman–Crippen LogP) is 4.00. The summed E-state index contributed by atoms with van der Waals surface area (Å²) in [5.41, 5.74) is 2.38. The first kappa shape index (κ1) is 14.1. The van der Waals surface area contributed by atoms with Crippen molar-refractivity contribution in [3.8, 4) is 0 Å². The Morgan fingerprint density at radius 1 is 1.14 bits per heavy atom. The summed E-state index contributed by atoms with van der Waals surface area (Å²) >= 11 is 2.23. The van der Waals surface area contributed by atoms with Gasteiger partial charge in [-0.15, -0.1) is 0 Å². The van der Waals surface area contributed by atoms with Gasteiger partial charge in [-0.05, 0) is 59.0 Å². The van der Waals surface area contributed by atoms with E-state index >= 15 is 0 Å². The number of carbonyl (C=O) groups excluding carboxylic acids is 1. The number of rotatable bonds is 4. The number of halogens is 1. The van der Waals surface area contributed by atoms with E-state index in [1.54, 1.807) is 0 Å². The van der Waals surface area contributed by atoms with Crippen LogP contribution in [0.4, 0.5) is 5.69 Å². The molecule has 0 aliphatic rings. The zero-order valence-corrected chi connectivity index (χ0v) is 13.3. The molecule has 3 aromatic rings. The average Bonchev–Trinajstić information content (AvgIpc) is 2.90. The van der Waals surface area contributed by atoms with Gasteiger partial charge in [-0.25, -0.2) is 4.98 Å². The number of para-hydroxylation sites is 2. The maximum atomic E-state index is 11.9. The van der Waals surface area contributed by atoms with Crippen LogP contribution in [0.2, 0.25) is 0 Å². The van der Waals surface area contributed by atoms with Gasteiger partial charge in [0, 0.05) is 22.1 Å². The number of fused-ring (bicyclic) bond motifs is 1. The Morgan fingerprint density at radius 3 is 2.67 bits per heavy atom. The van der Waals surface area contributed by atoms with Crippen molar-refractivity contribution >= 4 is 45.3 Å². The summed E-state index contributed by atoms with van der Waals surface area (Å²) in [7, 11) is 0. The van der Waals surface area contributed by atoms with E-state index in [9.17, 15) is 4.79 Å². The van der Waals surface area contributed by atoms with Crippen molar-refractivity contribution in [3.63, 3.8) is 0 Å². The maximum Gasteiger partial charge on any atom is 0.224 e. The van der Waals surface area contributed by atoms with Gasteiger partial charge in [0.05, 0.1) is 0 Å². The highest BCUT2D eigenvalue weighted by Crippen LogP contribution is 2.16. The highest BCUT2D eigenvalue weighted by Gasteiger charge is 2.08. The van der Waals surface area contributed by atoms with E-state index in [-0.39, 0.29) is 5.91 Å². The molecule has 0 aliphatic carbocycles. The van der Waals surface area contributed by atoms with Crippen molar-refractivity contribution < 1.29 is 9.21 Å². The molecule has 0 unspecified atom stereocenters. The third-order valence-corrected chi connectivity index (χ3v) is 3.75. The summed E-state index contributed by atoms with van der Waals surface area (Å²) < 4.78 is 6.73. The number of carbonyl (C=O) groups is 1. The molecule has 0 saturated heterocycles. The summed E-state index contributed by atoms with van der Waals surface area (Å²) in [6.45, 7) is 0. The summed E-state index contributed by atoms with van der Waals surface area (Å²) in [5, 5.41) is 2.86. The lowest BCUT2D eigenvalue weighted by atomic mass is 10.2. The molecule has 0 saturated carbocycles. The summed E-state index contributed by atoms with van der Waals surface area (Å²) in [5.74, 6) is 0.549. The van der Waals surface area contributed by atoms with Crippen LogP contribution in [-0.2, 0) is 11.2 Å². The van der Waals surface area contributed by atoms with Crippen molar-refractivity contribution in [2.75, 3.05) is 5.32 Å². The van der Waals surface area contributed by atoms with E-state index in [0.717, 1.165) is 20.4 Å². The van der Waals surface area contributed by atoms with Crippen molar-refractivity contribution in [2.24, 2.45) is 0 Å². The highest BCUT2D eigenvalue weighted by molar-refractivity contribution is 14.1. The Kier molecular flexibility index (Phi) is 4.19. The van der Waals surface area contributed by atoms with E-state index in [2.05, 4.69) is 32.9 Å². The Balaban J connectivity index is 1.59. The Hall–Kier alpha value is -1.89. The number of aryl methyl sites for hydroxylation is 1. The summed E-state index contributed by atoms with van der Waals surface area (Å²) in [4.78, 5) is 16.3.